The zero-order valence-corrected chi connectivity index (χ0v) is 9.62. The Balaban J connectivity index is 2.28. The van der Waals surface area contributed by atoms with Crippen LogP contribution in [0.2, 0.25) is 0 Å². The molecule has 2 unspecified atom stereocenters. The van der Waals surface area contributed by atoms with Gasteiger partial charge in [0, 0.05) is 6.54 Å². The van der Waals surface area contributed by atoms with Gasteiger partial charge in [0.2, 0.25) is 5.91 Å². The fraction of sp³-hybridized carbons (Fsp3) is 0.750. The van der Waals surface area contributed by atoms with E-state index in [1.807, 2.05) is 0 Å². The van der Waals surface area contributed by atoms with E-state index in [1.165, 1.54) is 6.42 Å². The first kappa shape index (κ1) is 12.1. The van der Waals surface area contributed by atoms with Crippen LogP contribution in [-0.2, 0) is 4.79 Å². The van der Waals surface area contributed by atoms with Crippen LogP contribution in [0.3, 0.4) is 0 Å². The maximum atomic E-state index is 11.4. The zero-order chi connectivity index (χ0) is 11.3. The lowest BCUT2D eigenvalue weighted by Gasteiger charge is -2.34. The standard InChI is InChI=1S/C12H20N2O/c1-4-6-13-12(15)9-14-7-5-10(2)11(3)8-14/h1,10-11H,5-9H2,2-3H3,(H,13,15). The van der Waals surface area contributed by atoms with Gasteiger partial charge in [0.05, 0.1) is 13.1 Å². The number of likely N-dealkylation sites (tertiary alicyclic amines) is 1. The lowest BCUT2D eigenvalue weighted by Crippen LogP contribution is -2.44. The predicted octanol–water partition coefficient (Wildman–Crippen LogP) is 0.714. The van der Waals surface area contributed by atoms with E-state index in [9.17, 15) is 4.79 Å². The van der Waals surface area contributed by atoms with Gasteiger partial charge in [-0.2, -0.15) is 0 Å². The molecule has 3 nitrogen and oxygen atoms in total. The van der Waals surface area contributed by atoms with Crippen LogP contribution in [0.15, 0.2) is 0 Å². The molecule has 1 aliphatic heterocycles. The highest BCUT2D eigenvalue weighted by Gasteiger charge is 2.23. The van der Waals surface area contributed by atoms with Crippen molar-refractivity contribution in [2.24, 2.45) is 11.8 Å². The van der Waals surface area contributed by atoms with Crippen molar-refractivity contribution < 1.29 is 4.79 Å². The number of hydrogen-bond acceptors (Lipinski definition) is 2. The van der Waals surface area contributed by atoms with Gasteiger partial charge in [-0.3, -0.25) is 9.69 Å². The molecule has 0 aromatic heterocycles. The fourth-order valence-electron chi connectivity index (χ4n) is 1.90. The maximum absolute atomic E-state index is 11.4. The normalized spacial score (nSPS) is 27.0. The summed E-state index contributed by atoms with van der Waals surface area (Å²) in [6.07, 6.45) is 6.26. The molecule has 0 radical (unpaired) electrons. The number of amides is 1. The molecular formula is C12H20N2O. The summed E-state index contributed by atoms with van der Waals surface area (Å²) in [6.45, 7) is 7.38. The lowest BCUT2D eigenvalue weighted by molar-refractivity contribution is -0.122. The summed E-state index contributed by atoms with van der Waals surface area (Å²) in [6, 6.07) is 0. The van der Waals surface area contributed by atoms with Crippen LogP contribution in [-0.4, -0.2) is 37.0 Å². The van der Waals surface area contributed by atoms with Crippen molar-refractivity contribution in [1.29, 1.82) is 0 Å². The molecule has 3 heteroatoms. The van der Waals surface area contributed by atoms with Gasteiger partial charge in [0.1, 0.15) is 0 Å². The topological polar surface area (TPSA) is 32.3 Å². The van der Waals surface area contributed by atoms with Crippen LogP contribution in [0.4, 0.5) is 0 Å². The van der Waals surface area contributed by atoms with E-state index in [1.54, 1.807) is 0 Å². The Morgan fingerprint density at radius 3 is 2.87 bits per heavy atom. The van der Waals surface area contributed by atoms with Crippen LogP contribution >= 0.6 is 0 Å². The number of nitrogens with one attached hydrogen (secondary N) is 1. The maximum Gasteiger partial charge on any atom is 0.234 e. The average molecular weight is 208 g/mol. The molecule has 1 saturated heterocycles. The second-order valence-corrected chi connectivity index (χ2v) is 4.46. The van der Waals surface area contributed by atoms with Crippen molar-refractivity contribution >= 4 is 5.91 Å². The van der Waals surface area contributed by atoms with Crippen molar-refractivity contribution in [2.75, 3.05) is 26.2 Å². The van der Waals surface area contributed by atoms with E-state index in [0.717, 1.165) is 19.0 Å². The van der Waals surface area contributed by atoms with Gasteiger partial charge in [-0.15, -0.1) is 6.42 Å². The second kappa shape index (κ2) is 5.77. The van der Waals surface area contributed by atoms with Gasteiger partial charge >= 0.3 is 0 Å². The first-order valence-electron chi connectivity index (χ1n) is 5.56. The Labute approximate surface area is 92.2 Å². The van der Waals surface area contributed by atoms with Crippen LogP contribution in [0.25, 0.3) is 0 Å². The Morgan fingerprint density at radius 2 is 2.27 bits per heavy atom. The monoisotopic (exact) mass is 208 g/mol. The molecular weight excluding hydrogens is 188 g/mol. The molecule has 1 heterocycles. The molecule has 1 amide bonds. The van der Waals surface area contributed by atoms with Gasteiger partial charge in [-0.25, -0.2) is 0 Å². The Kier molecular flexibility index (Phi) is 4.64. The second-order valence-electron chi connectivity index (χ2n) is 4.46. The van der Waals surface area contributed by atoms with Crippen LogP contribution in [0.1, 0.15) is 20.3 Å². The third-order valence-corrected chi connectivity index (χ3v) is 3.17. The zero-order valence-electron chi connectivity index (χ0n) is 9.62. The van der Waals surface area contributed by atoms with Gasteiger partial charge in [0.25, 0.3) is 0 Å². The quantitative estimate of drug-likeness (QED) is 0.693. The van der Waals surface area contributed by atoms with Gasteiger partial charge < -0.3 is 5.32 Å². The third-order valence-electron chi connectivity index (χ3n) is 3.17. The molecule has 2 atom stereocenters. The predicted molar refractivity (Wildman–Crippen MR) is 61.2 cm³/mol. The molecule has 0 spiro atoms. The molecule has 84 valence electrons. The SMILES string of the molecule is C#CCNC(=O)CN1CCC(C)C(C)C1. The summed E-state index contributed by atoms with van der Waals surface area (Å²) >= 11 is 0. The van der Waals surface area contributed by atoms with Gasteiger partial charge in [-0.05, 0) is 24.8 Å². The van der Waals surface area contributed by atoms with E-state index in [0.29, 0.717) is 19.0 Å². The number of nitrogens with zero attached hydrogens (tertiary/aromatic N) is 1. The number of piperidine rings is 1. The highest BCUT2D eigenvalue weighted by Crippen LogP contribution is 2.21. The minimum absolute atomic E-state index is 0.0368. The van der Waals surface area contributed by atoms with Crippen molar-refractivity contribution in [2.45, 2.75) is 20.3 Å². The van der Waals surface area contributed by atoms with E-state index in [-0.39, 0.29) is 5.91 Å². The van der Waals surface area contributed by atoms with Crippen molar-refractivity contribution in [1.82, 2.24) is 10.2 Å². The molecule has 15 heavy (non-hydrogen) atoms. The van der Waals surface area contributed by atoms with E-state index in [2.05, 4.69) is 30.0 Å². The lowest BCUT2D eigenvalue weighted by atomic mass is 9.89. The molecule has 0 saturated carbocycles. The molecule has 1 fully saturated rings. The minimum Gasteiger partial charge on any atom is -0.344 e. The van der Waals surface area contributed by atoms with Crippen molar-refractivity contribution in [3.8, 4) is 12.3 Å². The molecule has 0 aromatic rings. The van der Waals surface area contributed by atoms with E-state index < -0.39 is 0 Å². The molecule has 1 aliphatic rings. The van der Waals surface area contributed by atoms with Crippen LogP contribution in [0, 0.1) is 24.2 Å². The first-order valence-corrected chi connectivity index (χ1v) is 5.56. The average Bonchev–Trinajstić information content (AvgIpc) is 2.20. The smallest absolute Gasteiger partial charge is 0.234 e. The van der Waals surface area contributed by atoms with Crippen LogP contribution in [0.5, 0.6) is 0 Å². The summed E-state index contributed by atoms with van der Waals surface area (Å²) in [7, 11) is 0. The summed E-state index contributed by atoms with van der Waals surface area (Å²) in [4.78, 5) is 13.6. The van der Waals surface area contributed by atoms with E-state index >= 15 is 0 Å². The molecule has 1 N–H and O–H groups in total. The van der Waals surface area contributed by atoms with E-state index in [4.69, 9.17) is 6.42 Å². The molecule has 0 aromatic carbocycles. The number of carbonyl (C=O) groups excluding carboxylic acids is 1. The van der Waals surface area contributed by atoms with Crippen LogP contribution < -0.4 is 5.32 Å². The Morgan fingerprint density at radius 1 is 1.53 bits per heavy atom. The fourth-order valence-corrected chi connectivity index (χ4v) is 1.90. The largest absolute Gasteiger partial charge is 0.344 e. The number of carbonyl (C=O) groups is 1. The minimum atomic E-state index is 0.0368. The summed E-state index contributed by atoms with van der Waals surface area (Å²) in [5.74, 6) is 3.89. The number of terminal acetylenes is 1. The highest BCUT2D eigenvalue weighted by molar-refractivity contribution is 5.78. The molecule has 0 bridgehead atoms. The Hall–Kier alpha value is -1.01. The Bertz CT molecular complexity index is 257. The number of hydrogen-bond donors (Lipinski definition) is 1. The summed E-state index contributed by atoms with van der Waals surface area (Å²) < 4.78 is 0. The summed E-state index contributed by atoms with van der Waals surface area (Å²) in [5, 5.41) is 2.69. The van der Waals surface area contributed by atoms with Crippen molar-refractivity contribution in [3.05, 3.63) is 0 Å². The summed E-state index contributed by atoms with van der Waals surface area (Å²) in [5.41, 5.74) is 0. The van der Waals surface area contributed by atoms with Crippen molar-refractivity contribution in [3.63, 3.8) is 0 Å². The molecule has 1 rings (SSSR count). The number of rotatable bonds is 3. The van der Waals surface area contributed by atoms with Gasteiger partial charge in [-0.1, -0.05) is 19.8 Å². The molecule has 0 aliphatic carbocycles. The highest BCUT2D eigenvalue weighted by atomic mass is 16.2. The first-order chi connectivity index (χ1) is 7.13. The third kappa shape index (κ3) is 3.93. The van der Waals surface area contributed by atoms with Gasteiger partial charge in [0.15, 0.2) is 0 Å².